The Kier molecular flexibility index (Phi) is 5.49. The zero-order chi connectivity index (χ0) is 19.4. The van der Waals surface area contributed by atoms with Crippen molar-refractivity contribution in [1.29, 1.82) is 0 Å². The molecule has 27 heavy (non-hydrogen) atoms. The van der Waals surface area contributed by atoms with Crippen LogP contribution in [0.2, 0.25) is 0 Å². The van der Waals surface area contributed by atoms with E-state index in [0.717, 1.165) is 18.5 Å². The summed E-state index contributed by atoms with van der Waals surface area (Å²) in [6.45, 7) is 6.05. The topological polar surface area (TPSA) is 93.1 Å². The third-order valence-electron chi connectivity index (χ3n) is 4.47. The molecule has 1 aromatic carbocycles. The number of benzene rings is 1. The predicted octanol–water partition coefficient (Wildman–Crippen LogP) is 2.59. The van der Waals surface area contributed by atoms with Crippen LogP contribution in [-0.4, -0.2) is 33.7 Å². The lowest BCUT2D eigenvalue weighted by Gasteiger charge is -2.17. The molecule has 2 N–H and O–H groups in total. The highest BCUT2D eigenvalue weighted by molar-refractivity contribution is 6.05. The van der Waals surface area contributed by atoms with Gasteiger partial charge in [-0.15, -0.1) is 6.58 Å². The third-order valence-corrected chi connectivity index (χ3v) is 4.47. The first-order chi connectivity index (χ1) is 13.0. The smallest absolute Gasteiger partial charge is 0.287 e. The molecule has 0 saturated carbocycles. The van der Waals surface area contributed by atoms with E-state index in [1.807, 2.05) is 4.57 Å². The Morgan fingerprint density at radius 2 is 2.07 bits per heavy atom. The summed E-state index contributed by atoms with van der Waals surface area (Å²) in [4.78, 5) is 41.0. The number of ketones is 1. The second-order valence-electron chi connectivity index (χ2n) is 6.43. The molecule has 1 aliphatic heterocycles. The number of aromatic nitrogens is 2. The second kappa shape index (κ2) is 7.99. The van der Waals surface area contributed by atoms with E-state index in [-0.39, 0.29) is 29.1 Å². The van der Waals surface area contributed by atoms with Crippen LogP contribution in [0.3, 0.4) is 0 Å². The fourth-order valence-electron chi connectivity index (χ4n) is 3.15. The molecular weight excluding hydrogens is 344 g/mol. The number of rotatable bonds is 6. The van der Waals surface area contributed by atoms with Crippen molar-refractivity contribution in [3.05, 3.63) is 59.7 Å². The monoisotopic (exact) mass is 366 g/mol. The first-order valence-corrected chi connectivity index (χ1v) is 8.92. The molecule has 7 heteroatoms. The average Bonchev–Trinajstić information content (AvgIpc) is 3.06. The summed E-state index contributed by atoms with van der Waals surface area (Å²) in [6.07, 6.45) is 4.16. The molecule has 140 valence electrons. The van der Waals surface area contributed by atoms with Crippen molar-refractivity contribution in [3.8, 4) is 0 Å². The van der Waals surface area contributed by atoms with Crippen LogP contribution >= 0.6 is 0 Å². The van der Waals surface area contributed by atoms with Crippen molar-refractivity contribution >= 4 is 23.3 Å². The van der Waals surface area contributed by atoms with Gasteiger partial charge in [0.1, 0.15) is 0 Å². The van der Waals surface area contributed by atoms with Crippen LogP contribution in [0.15, 0.2) is 36.9 Å². The zero-order valence-corrected chi connectivity index (χ0v) is 15.2. The van der Waals surface area contributed by atoms with Crippen LogP contribution in [-0.2, 0) is 13.0 Å². The number of carbonyl (C=O) groups excluding carboxylic acids is 3. The first-order valence-electron chi connectivity index (χ1n) is 8.92. The van der Waals surface area contributed by atoms with Gasteiger partial charge in [-0.2, -0.15) is 0 Å². The molecule has 2 amide bonds. The van der Waals surface area contributed by atoms with E-state index in [4.69, 9.17) is 0 Å². The van der Waals surface area contributed by atoms with E-state index in [0.29, 0.717) is 30.8 Å². The molecule has 0 spiro atoms. The number of hydrogen-bond donors (Lipinski definition) is 2. The molecule has 0 radical (unpaired) electrons. The molecule has 0 saturated heterocycles. The molecule has 3 rings (SSSR count). The molecule has 0 fully saturated rings. The van der Waals surface area contributed by atoms with Crippen molar-refractivity contribution < 1.29 is 14.4 Å². The van der Waals surface area contributed by atoms with Crippen LogP contribution in [0.4, 0.5) is 5.69 Å². The molecule has 0 atom stereocenters. The summed E-state index contributed by atoms with van der Waals surface area (Å²) in [7, 11) is 0. The van der Waals surface area contributed by atoms with Gasteiger partial charge < -0.3 is 15.2 Å². The van der Waals surface area contributed by atoms with Gasteiger partial charge in [-0.1, -0.05) is 18.2 Å². The largest absolute Gasteiger partial charge is 0.346 e. The van der Waals surface area contributed by atoms with Gasteiger partial charge in [0.15, 0.2) is 17.3 Å². The van der Waals surface area contributed by atoms with Crippen molar-refractivity contribution in [1.82, 2.24) is 14.9 Å². The fraction of sp³-hybridized carbons (Fsp3) is 0.300. The summed E-state index contributed by atoms with van der Waals surface area (Å²) in [5.41, 5.74) is 2.06. The Labute approximate surface area is 157 Å². The van der Waals surface area contributed by atoms with Crippen molar-refractivity contribution in [2.75, 3.05) is 11.9 Å². The maximum Gasteiger partial charge on any atom is 0.287 e. The van der Waals surface area contributed by atoms with Gasteiger partial charge in [0.2, 0.25) is 0 Å². The Hall–Kier alpha value is -3.22. The third kappa shape index (κ3) is 3.97. The molecule has 2 aromatic rings. The standard InChI is InChI=1S/C20H22N4O3/c1-3-10-21-20(27)18-23-17(16-9-4-5-11-24(16)18)19(26)22-15-8-6-7-14(12-15)13(2)25/h3,6-8,12H,1,4-5,9-11H2,2H3,(H,21,27)(H,22,26). The molecular formula is C20H22N4O3. The molecule has 1 aliphatic rings. The number of hydrogen-bond acceptors (Lipinski definition) is 4. The van der Waals surface area contributed by atoms with Crippen LogP contribution < -0.4 is 10.6 Å². The minimum Gasteiger partial charge on any atom is -0.346 e. The number of nitrogens with one attached hydrogen (secondary N) is 2. The van der Waals surface area contributed by atoms with Gasteiger partial charge in [0, 0.05) is 24.3 Å². The van der Waals surface area contributed by atoms with Gasteiger partial charge in [-0.25, -0.2) is 4.98 Å². The maximum absolute atomic E-state index is 12.8. The highest BCUT2D eigenvalue weighted by Gasteiger charge is 2.27. The molecule has 1 aromatic heterocycles. The number of anilines is 1. The number of amides is 2. The molecule has 7 nitrogen and oxygen atoms in total. The Morgan fingerprint density at radius 1 is 1.26 bits per heavy atom. The van der Waals surface area contributed by atoms with Gasteiger partial charge >= 0.3 is 0 Å². The first kappa shape index (κ1) is 18.6. The summed E-state index contributed by atoms with van der Waals surface area (Å²) in [6, 6.07) is 6.74. The van der Waals surface area contributed by atoms with Crippen LogP contribution in [0.25, 0.3) is 0 Å². The van der Waals surface area contributed by atoms with E-state index in [1.165, 1.54) is 6.92 Å². The highest BCUT2D eigenvalue weighted by atomic mass is 16.2. The van der Waals surface area contributed by atoms with Gasteiger partial charge in [0.05, 0.1) is 5.69 Å². The zero-order valence-electron chi connectivity index (χ0n) is 15.2. The molecule has 0 bridgehead atoms. The van der Waals surface area contributed by atoms with E-state index in [2.05, 4.69) is 22.2 Å². The number of fused-ring (bicyclic) bond motifs is 1. The van der Waals surface area contributed by atoms with Crippen molar-refractivity contribution in [3.63, 3.8) is 0 Å². The summed E-state index contributed by atoms with van der Waals surface area (Å²) in [5, 5.41) is 5.50. The molecule has 2 heterocycles. The minimum atomic E-state index is -0.385. The Balaban J connectivity index is 1.89. The lowest BCUT2D eigenvalue weighted by molar-refractivity contribution is 0.0941. The minimum absolute atomic E-state index is 0.0772. The number of nitrogens with zero attached hydrogens (tertiary/aromatic N) is 2. The van der Waals surface area contributed by atoms with E-state index >= 15 is 0 Å². The quantitative estimate of drug-likeness (QED) is 0.607. The van der Waals surface area contributed by atoms with Crippen LogP contribution in [0.5, 0.6) is 0 Å². The van der Waals surface area contributed by atoms with E-state index in [1.54, 1.807) is 30.3 Å². The SMILES string of the molecule is C=CCNC(=O)c1nc(C(=O)Nc2cccc(C(C)=O)c2)c2n1CCCC2. The lowest BCUT2D eigenvalue weighted by atomic mass is 10.1. The van der Waals surface area contributed by atoms with E-state index in [9.17, 15) is 14.4 Å². The van der Waals surface area contributed by atoms with E-state index < -0.39 is 0 Å². The van der Waals surface area contributed by atoms with Gasteiger partial charge in [0.25, 0.3) is 11.8 Å². The van der Waals surface area contributed by atoms with Crippen molar-refractivity contribution in [2.24, 2.45) is 0 Å². The lowest BCUT2D eigenvalue weighted by Crippen LogP contribution is -2.28. The predicted molar refractivity (Wildman–Crippen MR) is 102 cm³/mol. The normalized spacial score (nSPS) is 12.8. The fourth-order valence-corrected chi connectivity index (χ4v) is 3.15. The second-order valence-corrected chi connectivity index (χ2v) is 6.43. The molecule has 0 unspecified atom stereocenters. The maximum atomic E-state index is 12.8. The van der Waals surface area contributed by atoms with Gasteiger partial charge in [-0.05, 0) is 38.3 Å². The highest BCUT2D eigenvalue weighted by Crippen LogP contribution is 2.22. The number of Topliss-reactive ketones (excluding diaryl/α,β-unsaturated/α-hetero) is 1. The van der Waals surface area contributed by atoms with Crippen LogP contribution in [0.1, 0.15) is 56.9 Å². The molecule has 0 aliphatic carbocycles. The average molecular weight is 366 g/mol. The summed E-state index contributed by atoms with van der Waals surface area (Å²) in [5.74, 6) is -0.541. The Morgan fingerprint density at radius 3 is 2.81 bits per heavy atom. The van der Waals surface area contributed by atoms with Crippen molar-refractivity contribution in [2.45, 2.75) is 32.7 Å². The summed E-state index contributed by atoms with van der Waals surface area (Å²) >= 11 is 0. The van der Waals surface area contributed by atoms with Crippen LogP contribution in [0, 0.1) is 0 Å². The number of imidazole rings is 1. The number of carbonyl (C=O) groups is 3. The Bertz CT molecular complexity index is 914. The van der Waals surface area contributed by atoms with Gasteiger partial charge in [-0.3, -0.25) is 14.4 Å². The summed E-state index contributed by atoms with van der Waals surface area (Å²) < 4.78 is 1.82.